The number of amides is 4. The van der Waals surface area contributed by atoms with Crippen LogP contribution in [0.25, 0.3) is 0 Å². The molecule has 8 N–H and O–H groups in total. The summed E-state index contributed by atoms with van der Waals surface area (Å²) >= 11 is 0. The van der Waals surface area contributed by atoms with Gasteiger partial charge in [-0.3, -0.25) is 19.2 Å². The van der Waals surface area contributed by atoms with Crippen molar-refractivity contribution in [1.82, 2.24) is 16.0 Å². The van der Waals surface area contributed by atoms with Gasteiger partial charge in [-0.15, -0.1) is 0 Å². The molecule has 0 saturated heterocycles. The van der Waals surface area contributed by atoms with Gasteiger partial charge in [0, 0.05) is 0 Å². The van der Waals surface area contributed by atoms with E-state index in [0.29, 0.717) is 6.42 Å². The predicted octanol–water partition coefficient (Wildman–Crippen LogP) is -1.94. The summed E-state index contributed by atoms with van der Waals surface area (Å²) in [7, 11) is 0. The molecular weight excluding hydrogens is 370 g/mol. The Morgan fingerprint density at radius 1 is 0.929 bits per heavy atom. The maximum absolute atomic E-state index is 12.6. The molecular formula is C17H31N5O6. The number of hydrogen-bond donors (Lipinski definition) is 6. The van der Waals surface area contributed by atoms with E-state index in [4.69, 9.17) is 16.6 Å². The molecule has 0 radical (unpaired) electrons. The van der Waals surface area contributed by atoms with E-state index in [2.05, 4.69) is 16.0 Å². The number of carbonyl (C=O) groups excluding carboxylic acids is 4. The van der Waals surface area contributed by atoms with Crippen LogP contribution in [0.1, 0.15) is 40.5 Å². The molecule has 0 aromatic rings. The number of hydrogen-bond acceptors (Lipinski definition) is 6. The lowest BCUT2D eigenvalue weighted by molar-refractivity contribution is -0.144. The monoisotopic (exact) mass is 401 g/mol. The lowest BCUT2D eigenvalue weighted by atomic mass is 9.96. The predicted molar refractivity (Wildman–Crippen MR) is 101 cm³/mol. The van der Waals surface area contributed by atoms with Crippen LogP contribution in [0.3, 0.4) is 0 Å². The largest absolute Gasteiger partial charge is 0.480 e. The van der Waals surface area contributed by atoms with Crippen LogP contribution in [0, 0.1) is 11.8 Å². The summed E-state index contributed by atoms with van der Waals surface area (Å²) in [6.07, 6.45) is -0.0726. The first kappa shape index (κ1) is 25.3. The van der Waals surface area contributed by atoms with Gasteiger partial charge in [-0.2, -0.15) is 0 Å². The van der Waals surface area contributed by atoms with Crippen LogP contribution in [0.5, 0.6) is 0 Å². The van der Waals surface area contributed by atoms with Crippen molar-refractivity contribution in [2.75, 3.05) is 6.54 Å². The Bertz CT molecular complexity index is 595. The van der Waals surface area contributed by atoms with E-state index in [1.54, 1.807) is 27.7 Å². The van der Waals surface area contributed by atoms with E-state index in [9.17, 15) is 24.0 Å². The van der Waals surface area contributed by atoms with Gasteiger partial charge in [0.25, 0.3) is 0 Å². The molecule has 0 heterocycles. The quantitative estimate of drug-likeness (QED) is 0.219. The molecule has 0 aliphatic rings. The minimum atomic E-state index is -1.51. The summed E-state index contributed by atoms with van der Waals surface area (Å²) in [5.74, 6) is -4.81. The molecule has 28 heavy (non-hydrogen) atoms. The SMILES string of the molecule is CCC(C)C(NC(=O)C(NC(=O)CN)C(C)C)C(=O)NC(CC(N)=O)C(=O)O. The van der Waals surface area contributed by atoms with Crippen molar-refractivity contribution in [3.8, 4) is 0 Å². The van der Waals surface area contributed by atoms with Gasteiger partial charge in [-0.1, -0.05) is 34.1 Å². The number of aliphatic carboxylic acids is 1. The summed E-state index contributed by atoms with van der Waals surface area (Å²) in [6, 6.07) is -3.49. The molecule has 160 valence electrons. The van der Waals surface area contributed by atoms with Crippen LogP contribution in [0.2, 0.25) is 0 Å². The molecule has 0 fully saturated rings. The summed E-state index contributed by atoms with van der Waals surface area (Å²) in [4.78, 5) is 59.0. The van der Waals surface area contributed by atoms with Crippen LogP contribution in [0.4, 0.5) is 0 Å². The van der Waals surface area contributed by atoms with Gasteiger partial charge >= 0.3 is 5.97 Å². The average Bonchev–Trinajstić information content (AvgIpc) is 2.61. The van der Waals surface area contributed by atoms with Gasteiger partial charge < -0.3 is 32.5 Å². The van der Waals surface area contributed by atoms with E-state index in [0.717, 1.165) is 0 Å². The van der Waals surface area contributed by atoms with Crippen molar-refractivity contribution in [1.29, 1.82) is 0 Å². The van der Waals surface area contributed by atoms with Crippen molar-refractivity contribution >= 4 is 29.6 Å². The molecule has 0 aromatic heterocycles. The fourth-order valence-electron chi connectivity index (χ4n) is 2.38. The van der Waals surface area contributed by atoms with Crippen LogP contribution >= 0.6 is 0 Å². The summed E-state index contributed by atoms with van der Waals surface area (Å²) < 4.78 is 0. The third-order valence-electron chi connectivity index (χ3n) is 4.26. The highest BCUT2D eigenvalue weighted by Gasteiger charge is 2.33. The number of carboxylic acid groups (broad SMARTS) is 1. The Morgan fingerprint density at radius 2 is 1.46 bits per heavy atom. The molecule has 0 aromatic carbocycles. The zero-order chi connectivity index (χ0) is 22.0. The molecule has 0 spiro atoms. The van der Waals surface area contributed by atoms with E-state index in [-0.39, 0.29) is 18.4 Å². The Morgan fingerprint density at radius 3 is 1.86 bits per heavy atom. The number of nitrogens with two attached hydrogens (primary N) is 2. The summed E-state index contributed by atoms with van der Waals surface area (Å²) in [5, 5.41) is 16.4. The number of nitrogens with one attached hydrogen (secondary N) is 3. The number of carbonyl (C=O) groups is 5. The van der Waals surface area contributed by atoms with Crippen LogP contribution in [-0.4, -0.2) is 59.4 Å². The van der Waals surface area contributed by atoms with Crippen molar-refractivity contribution in [3.63, 3.8) is 0 Å². The van der Waals surface area contributed by atoms with E-state index in [1.807, 2.05) is 0 Å². The van der Waals surface area contributed by atoms with Crippen molar-refractivity contribution in [2.45, 2.75) is 58.7 Å². The fraction of sp³-hybridized carbons (Fsp3) is 0.706. The molecule has 0 saturated carbocycles. The lowest BCUT2D eigenvalue weighted by Crippen LogP contribution is -2.59. The number of rotatable bonds is 12. The first-order chi connectivity index (χ1) is 12.9. The van der Waals surface area contributed by atoms with Gasteiger partial charge in [-0.25, -0.2) is 4.79 Å². The highest BCUT2D eigenvalue weighted by Crippen LogP contribution is 2.11. The van der Waals surface area contributed by atoms with Crippen LogP contribution in [-0.2, 0) is 24.0 Å². The van der Waals surface area contributed by atoms with Gasteiger partial charge in [0.05, 0.1) is 13.0 Å². The molecule has 4 atom stereocenters. The van der Waals surface area contributed by atoms with Gasteiger partial charge in [0.15, 0.2) is 0 Å². The summed E-state index contributed by atoms with van der Waals surface area (Å²) in [6.45, 7) is 6.64. The third-order valence-corrected chi connectivity index (χ3v) is 4.26. The van der Waals surface area contributed by atoms with Crippen LogP contribution < -0.4 is 27.4 Å². The Hall–Kier alpha value is -2.69. The molecule has 11 heteroatoms. The third kappa shape index (κ3) is 8.33. The average molecular weight is 401 g/mol. The number of carboxylic acids is 1. The second kappa shape index (κ2) is 11.9. The first-order valence-corrected chi connectivity index (χ1v) is 9.05. The van der Waals surface area contributed by atoms with Crippen LogP contribution in [0.15, 0.2) is 0 Å². The number of primary amides is 1. The minimum Gasteiger partial charge on any atom is -0.480 e. The van der Waals surface area contributed by atoms with Crippen molar-refractivity contribution in [2.24, 2.45) is 23.3 Å². The smallest absolute Gasteiger partial charge is 0.326 e. The second-order valence-electron chi connectivity index (χ2n) is 6.93. The Balaban J connectivity index is 5.41. The highest BCUT2D eigenvalue weighted by molar-refractivity contribution is 5.94. The molecule has 0 aliphatic heterocycles. The highest BCUT2D eigenvalue weighted by atomic mass is 16.4. The molecule has 4 amide bonds. The Kier molecular flexibility index (Phi) is 10.8. The molecule has 0 aliphatic carbocycles. The van der Waals surface area contributed by atoms with Gasteiger partial charge in [-0.05, 0) is 11.8 Å². The van der Waals surface area contributed by atoms with E-state index >= 15 is 0 Å². The van der Waals surface area contributed by atoms with Gasteiger partial charge in [0.1, 0.15) is 18.1 Å². The Labute approximate surface area is 164 Å². The van der Waals surface area contributed by atoms with E-state index < -0.39 is 54.1 Å². The summed E-state index contributed by atoms with van der Waals surface area (Å²) in [5.41, 5.74) is 10.3. The van der Waals surface area contributed by atoms with E-state index in [1.165, 1.54) is 0 Å². The zero-order valence-corrected chi connectivity index (χ0v) is 16.7. The van der Waals surface area contributed by atoms with Gasteiger partial charge in [0.2, 0.25) is 23.6 Å². The molecule has 0 rings (SSSR count). The molecule has 4 unspecified atom stereocenters. The topological polar surface area (TPSA) is 194 Å². The second-order valence-corrected chi connectivity index (χ2v) is 6.93. The fourth-order valence-corrected chi connectivity index (χ4v) is 2.38. The normalized spacial score (nSPS) is 15.1. The maximum Gasteiger partial charge on any atom is 0.326 e. The standard InChI is InChI=1S/C17H31N5O6/c1-5-9(4)14(16(26)20-10(17(27)28)6-11(19)23)22-15(25)13(8(2)3)21-12(24)7-18/h8-10,13-14H,5-7,18H2,1-4H3,(H2,19,23)(H,20,26)(H,21,24)(H,22,25)(H,27,28). The lowest BCUT2D eigenvalue weighted by Gasteiger charge is -2.28. The zero-order valence-electron chi connectivity index (χ0n) is 16.7. The first-order valence-electron chi connectivity index (χ1n) is 9.05. The molecule has 0 bridgehead atoms. The van der Waals surface area contributed by atoms with Crippen molar-refractivity contribution < 1.29 is 29.1 Å². The maximum atomic E-state index is 12.6. The minimum absolute atomic E-state index is 0.280. The molecule has 11 nitrogen and oxygen atoms in total. The van der Waals surface area contributed by atoms with Crippen molar-refractivity contribution in [3.05, 3.63) is 0 Å².